The van der Waals surface area contributed by atoms with E-state index in [1.54, 1.807) is 5.32 Å². The summed E-state index contributed by atoms with van der Waals surface area (Å²) in [7, 11) is 0. The number of esters is 1. The third-order valence-electron chi connectivity index (χ3n) is 3.48. The van der Waals surface area contributed by atoms with Crippen molar-refractivity contribution in [2.45, 2.75) is 12.4 Å². The third kappa shape index (κ3) is 6.22. The molecule has 2 N–H and O–H groups in total. The molecule has 2 rings (SSSR count). The van der Waals surface area contributed by atoms with Crippen LogP contribution in [0.4, 0.5) is 37.7 Å². The number of ether oxygens (including phenoxy) is 1. The SMILES string of the molecule is O=C(COC(=O)c1ccc(NC(=O)C(F)(F)F)cc1)Nc1ccccc1C(F)(F)F. The summed E-state index contributed by atoms with van der Waals surface area (Å²) in [6, 6.07) is 8.27. The molecule has 0 bridgehead atoms. The first-order valence-corrected chi connectivity index (χ1v) is 7.99. The molecule has 0 aliphatic heterocycles. The molecular formula is C18H12F6N2O4. The first kappa shape index (κ1) is 22.7. The number of alkyl halides is 6. The Bertz CT molecular complexity index is 939. The maximum atomic E-state index is 12.9. The van der Waals surface area contributed by atoms with Gasteiger partial charge in [-0.25, -0.2) is 4.79 Å². The van der Waals surface area contributed by atoms with E-state index in [-0.39, 0.29) is 11.3 Å². The number of hydrogen-bond donors (Lipinski definition) is 2. The molecule has 12 heteroatoms. The number of carbonyl (C=O) groups is 3. The van der Waals surface area contributed by atoms with Crippen LogP contribution in [-0.2, 0) is 20.5 Å². The lowest BCUT2D eigenvalue weighted by atomic mass is 10.1. The van der Waals surface area contributed by atoms with Crippen molar-refractivity contribution in [3.8, 4) is 0 Å². The van der Waals surface area contributed by atoms with Gasteiger partial charge < -0.3 is 15.4 Å². The summed E-state index contributed by atoms with van der Waals surface area (Å²) >= 11 is 0. The predicted octanol–water partition coefficient (Wildman–Crippen LogP) is 4.00. The number of carbonyl (C=O) groups excluding carboxylic acids is 3. The number of amides is 2. The van der Waals surface area contributed by atoms with Crippen LogP contribution < -0.4 is 10.6 Å². The van der Waals surface area contributed by atoms with Crippen LogP contribution in [0.1, 0.15) is 15.9 Å². The second-order valence-electron chi connectivity index (χ2n) is 5.70. The number of para-hydroxylation sites is 1. The molecule has 0 aliphatic rings. The Kier molecular flexibility index (Phi) is 6.70. The van der Waals surface area contributed by atoms with Gasteiger partial charge in [0, 0.05) is 5.69 Å². The summed E-state index contributed by atoms with van der Waals surface area (Å²) in [5.41, 5.74) is -2.00. The minimum absolute atomic E-state index is 0.163. The van der Waals surface area contributed by atoms with Gasteiger partial charge in [0.25, 0.3) is 5.91 Å². The van der Waals surface area contributed by atoms with E-state index in [1.165, 1.54) is 6.07 Å². The fourth-order valence-electron chi connectivity index (χ4n) is 2.13. The number of benzene rings is 2. The average molecular weight is 434 g/mol. The van der Waals surface area contributed by atoms with Crippen LogP contribution in [0, 0.1) is 0 Å². The van der Waals surface area contributed by atoms with Crippen molar-refractivity contribution in [2.75, 3.05) is 17.2 Å². The molecule has 0 spiro atoms. The molecule has 160 valence electrons. The van der Waals surface area contributed by atoms with Gasteiger partial charge in [-0.15, -0.1) is 0 Å². The van der Waals surface area contributed by atoms with Crippen molar-refractivity contribution in [1.82, 2.24) is 0 Å². The van der Waals surface area contributed by atoms with Gasteiger partial charge in [-0.2, -0.15) is 26.3 Å². The van der Waals surface area contributed by atoms with Crippen LogP contribution >= 0.6 is 0 Å². The molecule has 0 heterocycles. The van der Waals surface area contributed by atoms with Gasteiger partial charge in [-0.3, -0.25) is 9.59 Å². The van der Waals surface area contributed by atoms with E-state index in [0.717, 1.165) is 42.5 Å². The Morgan fingerprint density at radius 3 is 2.00 bits per heavy atom. The quantitative estimate of drug-likeness (QED) is 0.551. The van der Waals surface area contributed by atoms with Crippen molar-refractivity contribution in [3.05, 3.63) is 59.7 Å². The van der Waals surface area contributed by atoms with Gasteiger partial charge in [0.1, 0.15) is 0 Å². The van der Waals surface area contributed by atoms with Crippen molar-refractivity contribution < 1.29 is 45.5 Å². The maximum absolute atomic E-state index is 12.9. The van der Waals surface area contributed by atoms with Crippen LogP contribution in [0.5, 0.6) is 0 Å². The zero-order valence-corrected chi connectivity index (χ0v) is 14.7. The molecule has 2 amide bonds. The van der Waals surface area contributed by atoms with Gasteiger partial charge in [-0.1, -0.05) is 12.1 Å². The molecule has 6 nitrogen and oxygen atoms in total. The van der Waals surface area contributed by atoms with E-state index in [2.05, 4.69) is 4.74 Å². The molecule has 0 unspecified atom stereocenters. The molecule has 2 aromatic carbocycles. The summed E-state index contributed by atoms with van der Waals surface area (Å²) in [4.78, 5) is 34.5. The minimum atomic E-state index is -5.09. The van der Waals surface area contributed by atoms with Crippen LogP contribution in [0.2, 0.25) is 0 Å². The van der Waals surface area contributed by atoms with E-state index in [1.807, 2.05) is 5.32 Å². The smallest absolute Gasteiger partial charge is 0.452 e. The van der Waals surface area contributed by atoms with Crippen molar-refractivity contribution in [1.29, 1.82) is 0 Å². The van der Waals surface area contributed by atoms with E-state index in [0.29, 0.717) is 0 Å². The molecule has 0 aromatic heterocycles. The van der Waals surface area contributed by atoms with Crippen LogP contribution in [0.3, 0.4) is 0 Å². The van der Waals surface area contributed by atoms with Gasteiger partial charge in [0.05, 0.1) is 16.8 Å². The van der Waals surface area contributed by atoms with Crippen molar-refractivity contribution >= 4 is 29.2 Å². The van der Waals surface area contributed by atoms with Gasteiger partial charge in [0.2, 0.25) is 0 Å². The molecule has 0 radical (unpaired) electrons. The monoisotopic (exact) mass is 434 g/mol. The largest absolute Gasteiger partial charge is 0.471 e. The number of halogens is 6. The zero-order valence-electron chi connectivity index (χ0n) is 14.7. The van der Waals surface area contributed by atoms with Crippen molar-refractivity contribution in [3.63, 3.8) is 0 Å². The van der Waals surface area contributed by atoms with E-state index >= 15 is 0 Å². The van der Waals surface area contributed by atoms with Gasteiger partial charge >= 0.3 is 24.2 Å². The van der Waals surface area contributed by atoms with E-state index < -0.39 is 48.0 Å². The summed E-state index contributed by atoms with van der Waals surface area (Å²) in [5.74, 6) is -4.29. The number of hydrogen-bond acceptors (Lipinski definition) is 4. The Labute approximate surface area is 164 Å². The molecular weight excluding hydrogens is 422 g/mol. The molecule has 0 fully saturated rings. The van der Waals surface area contributed by atoms with Crippen LogP contribution in [0.25, 0.3) is 0 Å². The second-order valence-corrected chi connectivity index (χ2v) is 5.70. The first-order valence-electron chi connectivity index (χ1n) is 7.99. The Balaban J connectivity index is 1.93. The molecule has 0 saturated carbocycles. The first-order chi connectivity index (χ1) is 13.9. The van der Waals surface area contributed by atoms with Crippen molar-refractivity contribution in [2.24, 2.45) is 0 Å². The molecule has 0 saturated heterocycles. The third-order valence-corrected chi connectivity index (χ3v) is 3.48. The zero-order chi connectivity index (χ0) is 22.5. The molecule has 2 aromatic rings. The van der Waals surface area contributed by atoms with Crippen LogP contribution in [0.15, 0.2) is 48.5 Å². The maximum Gasteiger partial charge on any atom is 0.471 e. The highest BCUT2D eigenvalue weighted by Gasteiger charge is 2.38. The lowest BCUT2D eigenvalue weighted by Gasteiger charge is -2.13. The summed E-state index contributed by atoms with van der Waals surface area (Å²) in [6.07, 6.45) is -9.79. The highest BCUT2D eigenvalue weighted by Crippen LogP contribution is 2.34. The second kappa shape index (κ2) is 8.84. The predicted molar refractivity (Wildman–Crippen MR) is 91.5 cm³/mol. The fraction of sp³-hybridized carbons (Fsp3) is 0.167. The molecule has 0 atom stereocenters. The van der Waals surface area contributed by atoms with E-state index in [4.69, 9.17) is 0 Å². The van der Waals surface area contributed by atoms with Gasteiger partial charge in [-0.05, 0) is 36.4 Å². The minimum Gasteiger partial charge on any atom is -0.452 e. The topological polar surface area (TPSA) is 84.5 Å². The number of nitrogens with one attached hydrogen (secondary N) is 2. The fourth-order valence-corrected chi connectivity index (χ4v) is 2.13. The van der Waals surface area contributed by atoms with Crippen LogP contribution in [-0.4, -0.2) is 30.6 Å². The summed E-state index contributed by atoms with van der Waals surface area (Å²) < 4.78 is 79.9. The van der Waals surface area contributed by atoms with E-state index in [9.17, 15) is 40.7 Å². The lowest BCUT2D eigenvalue weighted by molar-refractivity contribution is -0.167. The van der Waals surface area contributed by atoms with Gasteiger partial charge in [0.15, 0.2) is 6.61 Å². The highest BCUT2D eigenvalue weighted by atomic mass is 19.4. The number of rotatable bonds is 5. The summed E-state index contributed by atoms with van der Waals surface area (Å²) in [6.45, 7) is -0.905. The molecule has 30 heavy (non-hydrogen) atoms. The molecule has 0 aliphatic carbocycles. The normalized spacial score (nSPS) is 11.5. The Morgan fingerprint density at radius 1 is 0.833 bits per heavy atom. The summed E-state index contributed by atoms with van der Waals surface area (Å²) in [5, 5.41) is 3.55. The Hall–Kier alpha value is -3.57. The lowest BCUT2D eigenvalue weighted by Crippen LogP contribution is -2.29. The Morgan fingerprint density at radius 2 is 1.43 bits per heavy atom. The number of anilines is 2. The highest BCUT2D eigenvalue weighted by molar-refractivity contribution is 5.97. The standard InChI is InChI=1S/C18H12F6N2O4/c19-17(20,21)12-3-1-2-4-13(12)26-14(27)9-30-15(28)10-5-7-11(8-6-10)25-16(29)18(22,23)24/h1-8H,9H2,(H,25,29)(H,26,27). The average Bonchev–Trinajstić information content (AvgIpc) is 2.65.